The average molecular weight is 1070 g/mol. The van der Waals surface area contributed by atoms with Crippen molar-refractivity contribution < 1.29 is 65.9 Å². The molecule has 0 bridgehead atoms. The molecule has 2 fully saturated rings. The number of carbonyl (C=O) groups excluding carboxylic acids is 4. The Morgan fingerprint density at radius 1 is 0.688 bits per heavy atom. The van der Waals surface area contributed by atoms with E-state index in [1.54, 1.807) is 70.2 Å². The van der Waals surface area contributed by atoms with Crippen molar-refractivity contribution in [3.8, 4) is 11.5 Å². The van der Waals surface area contributed by atoms with Gasteiger partial charge >= 0.3 is 14.2 Å². The van der Waals surface area contributed by atoms with E-state index in [9.17, 15) is 33.0 Å². The molecule has 77 heavy (non-hydrogen) atoms. The summed E-state index contributed by atoms with van der Waals surface area (Å²) in [5.41, 5.74) is 11.1. The van der Waals surface area contributed by atoms with Gasteiger partial charge in [-0.25, -0.2) is 18.8 Å². The summed E-state index contributed by atoms with van der Waals surface area (Å²) in [4.78, 5) is 53.9. The molecule has 3 atom stereocenters. The Hall–Kier alpha value is -5.89. The highest BCUT2D eigenvalue weighted by molar-refractivity contribution is 6.63. The smallest absolute Gasteiger partial charge is 0.491 e. The summed E-state index contributed by atoms with van der Waals surface area (Å²) in [6.07, 6.45) is 3.29. The number of hydrogen-bond donors (Lipinski definition) is 3. The highest BCUT2D eigenvalue weighted by atomic mass is 19.1. The second-order valence-electron chi connectivity index (χ2n) is 20.9. The third-order valence-electron chi connectivity index (χ3n) is 14.4. The van der Waals surface area contributed by atoms with E-state index in [1.165, 1.54) is 6.07 Å². The fraction of sp³-hybridized carbons (Fsp3) is 0.509. The Morgan fingerprint density at radius 3 is 1.65 bits per heavy atom. The van der Waals surface area contributed by atoms with Crippen LogP contribution in [0, 0.1) is 41.5 Å². The number of hydrazine groups is 2. The third kappa shape index (κ3) is 14.6. The molecule has 3 aliphatic heterocycles. The van der Waals surface area contributed by atoms with E-state index in [0.717, 1.165) is 51.5 Å². The number of nitrogens with one attached hydrogen (secondary N) is 2. The van der Waals surface area contributed by atoms with Crippen LogP contribution in [0.15, 0.2) is 60.7 Å². The summed E-state index contributed by atoms with van der Waals surface area (Å²) in [6.45, 7) is 22.4. The van der Waals surface area contributed by atoms with Gasteiger partial charge in [-0.2, -0.15) is 0 Å². The van der Waals surface area contributed by atoms with Crippen LogP contribution >= 0.6 is 0 Å². The van der Waals surface area contributed by atoms with Crippen LogP contribution in [0.2, 0.25) is 0 Å². The lowest BCUT2D eigenvalue weighted by atomic mass is 9.76. The molecule has 20 heteroatoms. The molecule has 0 aliphatic carbocycles. The minimum Gasteiger partial charge on any atom is -0.491 e. The van der Waals surface area contributed by atoms with Crippen LogP contribution in [0.3, 0.4) is 0 Å². The van der Waals surface area contributed by atoms with Gasteiger partial charge in [0.25, 0.3) is 23.6 Å². The zero-order valence-electron chi connectivity index (χ0n) is 46.7. The number of benzene rings is 4. The molecular formula is C57H76B2F2N4O12. The molecule has 0 aromatic heterocycles. The maximum absolute atomic E-state index is 14.2. The number of ether oxygens (including phenoxy) is 4. The molecule has 3 heterocycles. The quantitative estimate of drug-likeness (QED) is 0.0568. The van der Waals surface area contributed by atoms with Crippen LogP contribution in [0.4, 0.5) is 8.78 Å². The number of alkyl halides is 2. The monoisotopic (exact) mass is 1070 g/mol. The highest BCUT2D eigenvalue weighted by Crippen LogP contribution is 2.38. The first-order valence-electron chi connectivity index (χ1n) is 26.5. The second-order valence-corrected chi connectivity index (χ2v) is 20.9. The fourth-order valence-electron chi connectivity index (χ4n) is 9.36. The molecule has 4 amide bonds. The Kier molecular flexibility index (Phi) is 20.9. The van der Waals surface area contributed by atoms with Crippen molar-refractivity contribution in [3.63, 3.8) is 0 Å². The Morgan fingerprint density at radius 2 is 1.18 bits per heavy atom. The number of carbonyl (C=O) groups is 4. The van der Waals surface area contributed by atoms with E-state index in [-0.39, 0.29) is 43.8 Å². The highest BCUT2D eigenvalue weighted by Gasteiger charge is 2.53. The third-order valence-corrected chi connectivity index (χ3v) is 14.4. The number of nitrogens with zero attached hydrogens (tertiary/aromatic N) is 2. The van der Waals surface area contributed by atoms with E-state index in [1.807, 2.05) is 67.5 Å². The number of amides is 4. The van der Waals surface area contributed by atoms with Crippen LogP contribution in [-0.4, -0.2) is 129 Å². The van der Waals surface area contributed by atoms with Gasteiger partial charge in [0.2, 0.25) is 0 Å². The second kappa shape index (κ2) is 26.6. The molecule has 0 spiro atoms. The van der Waals surface area contributed by atoms with Crippen LogP contribution in [-0.2, 0) is 23.4 Å². The first-order valence-corrected chi connectivity index (χ1v) is 26.5. The van der Waals surface area contributed by atoms with E-state index in [0.29, 0.717) is 64.1 Å². The molecule has 7 rings (SSSR count). The predicted octanol–water partition coefficient (Wildman–Crippen LogP) is 7.61. The van der Waals surface area contributed by atoms with E-state index < -0.39 is 74.5 Å². The molecule has 4 aromatic carbocycles. The standard InChI is InChI=1S/C34H48BFN2O7.C23H28BFN2O5/c1-9-26(21-36)38(32(40)25-19-22(2)18-23(3)20-25)37-31(39)27-13-14-28(35-44-33(5,6)34(7,8)45-35)30(24(27)4)43-17-16-42-29-12-10-11-15-41-29;1-5-18(13-25)27(23(29)17-11-14(2)10-15(3)12-17)26-22(28)19-6-7-20-21(16(19)4)31-8-9-32-24(20)30/h13-14,18-20,26,29H,9-12,15-17,21H2,1-8H3,(H,37,39);6-7,10-12,18,30H,5,8-9,13H2,1-4H3,(H,26,28). The van der Waals surface area contributed by atoms with Crippen molar-refractivity contribution >= 4 is 48.8 Å². The molecule has 0 radical (unpaired) electrons. The molecule has 0 saturated carbocycles. The van der Waals surface area contributed by atoms with Gasteiger partial charge in [-0.15, -0.1) is 0 Å². The molecule has 2 saturated heterocycles. The summed E-state index contributed by atoms with van der Waals surface area (Å²) < 4.78 is 69.3. The summed E-state index contributed by atoms with van der Waals surface area (Å²) in [6, 6.07) is 15.6. The van der Waals surface area contributed by atoms with Gasteiger partial charge < -0.3 is 37.9 Å². The van der Waals surface area contributed by atoms with Gasteiger partial charge in [0.05, 0.1) is 36.5 Å². The van der Waals surface area contributed by atoms with Crippen LogP contribution in [0.5, 0.6) is 11.5 Å². The number of aryl methyl sites for hydroxylation is 4. The van der Waals surface area contributed by atoms with Crippen molar-refractivity contribution in [1.82, 2.24) is 20.9 Å². The van der Waals surface area contributed by atoms with E-state index >= 15 is 0 Å². The molecular weight excluding hydrogens is 992 g/mol. The lowest BCUT2D eigenvalue weighted by Gasteiger charge is -2.32. The first-order chi connectivity index (χ1) is 36.5. The molecule has 3 unspecified atom stereocenters. The molecule has 3 aliphatic rings. The first kappa shape index (κ1) is 60.3. The zero-order chi connectivity index (χ0) is 56.4. The summed E-state index contributed by atoms with van der Waals surface area (Å²) in [5, 5.41) is 12.3. The molecule has 3 N–H and O–H groups in total. The number of fused-ring (bicyclic) bond motifs is 1. The lowest BCUT2D eigenvalue weighted by molar-refractivity contribution is -0.165. The van der Waals surface area contributed by atoms with Gasteiger partial charge in [0, 0.05) is 50.9 Å². The largest absolute Gasteiger partial charge is 0.498 e. The molecule has 4 aromatic rings. The van der Waals surface area contributed by atoms with Crippen molar-refractivity contribution in [2.75, 3.05) is 46.4 Å². The van der Waals surface area contributed by atoms with Crippen molar-refractivity contribution in [3.05, 3.63) is 116 Å². The average Bonchev–Trinajstić information content (AvgIpc) is 3.47. The minimum atomic E-state index is -1.15. The van der Waals surface area contributed by atoms with Crippen LogP contribution in [0.25, 0.3) is 0 Å². The predicted molar refractivity (Wildman–Crippen MR) is 291 cm³/mol. The summed E-state index contributed by atoms with van der Waals surface area (Å²) in [5.74, 6) is -1.30. The SMILES string of the molecule is CCC(CF)N(NC(=O)c1ccc(B2OC(C)(C)C(C)(C)O2)c(OCCOC2CCCCO2)c1C)C(=O)c1cc(C)cc(C)c1.CCC(CF)N(NC(=O)c1ccc2c(c1C)OCCOB2O)C(=O)c1cc(C)cc(C)c1. The van der Waals surface area contributed by atoms with Gasteiger partial charge in [-0.1, -0.05) is 60.4 Å². The van der Waals surface area contributed by atoms with Crippen LogP contribution in [0.1, 0.15) is 148 Å². The number of hydrogen-bond acceptors (Lipinski definition) is 12. The zero-order valence-corrected chi connectivity index (χ0v) is 46.7. The van der Waals surface area contributed by atoms with Gasteiger partial charge in [0.1, 0.15) is 38.1 Å². The number of rotatable bonds is 16. The van der Waals surface area contributed by atoms with E-state index in [2.05, 4.69) is 10.9 Å². The fourth-order valence-corrected chi connectivity index (χ4v) is 9.36. The molecule has 416 valence electrons. The maximum Gasteiger partial charge on any atom is 0.498 e. The van der Waals surface area contributed by atoms with Crippen molar-refractivity contribution in [2.45, 2.75) is 145 Å². The normalized spacial score (nSPS) is 17.4. The van der Waals surface area contributed by atoms with E-state index in [4.69, 9.17) is 32.9 Å². The van der Waals surface area contributed by atoms with Gasteiger partial charge in [-0.3, -0.25) is 30.0 Å². The van der Waals surface area contributed by atoms with Gasteiger partial charge in [-0.05, 0) is 138 Å². The summed E-state index contributed by atoms with van der Waals surface area (Å²) in [7, 11) is -1.89. The molecule has 16 nitrogen and oxygen atoms in total. The van der Waals surface area contributed by atoms with Crippen LogP contribution < -0.4 is 31.3 Å². The maximum atomic E-state index is 14.2. The van der Waals surface area contributed by atoms with Crippen molar-refractivity contribution in [1.29, 1.82) is 0 Å². The van der Waals surface area contributed by atoms with Crippen molar-refractivity contribution in [2.24, 2.45) is 0 Å². The minimum absolute atomic E-state index is 0.204. The Bertz CT molecular complexity index is 2680. The number of halogens is 2. The Balaban J connectivity index is 0.000000264. The lowest BCUT2D eigenvalue weighted by Crippen LogP contribution is -2.53. The summed E-state index contributed by atoms with van der Waals surface area (Å²) >= 11 is 0. The Labute approximate surface area is 453 Å². The topological polar surface area (TPSA) is 184 Å². The van der Waals surface area contributed by atoms with Gasteiger partial charge in [0.15, 0.2) is 6.29 Å².